The fraction of sp³-hybridized carbons (Fsp3) is 0.292. The molecule has 3 heterocycles. The van der Waals surface area contributed by atoms with Gasteiger partial charge in [-0.15, -0.1) is 0 Å². The fourth-order valence-electron chi connectivity index (χ4n) is 4.55. The van der Waals surface area contributed by atoms with Gasteiger partial charge >= 0.3 is 5.69 Å². The molecule has 1 aliphatic rings. The van der Waals surface area contributed by atoms with Crippen LogP contribution in [0.2, 0.25) is 0 Å². The highest BCUT2D eigenvalue weighted by Gasteiger charge is 2.25. The van der Waals surface area contributed by atoms with Crippen molar-refractivity contribution in [2.75, 3.05) is 11.9 Å². The lowest BCUT2D eigenvalue weighted by atomic mass is 10.0. The second-order valence-corrected chi connectivity index (χ2v) is 8.47. The maximum absolute atomic E-state index is 13.0. The van der Waals surface area contributed by atoms with E-state index >= 15 is 0 Å². The first kappa shape index (κ1) is 20.3. The van der Waals surface area contributed by atoms with Gasteiger partial charge in [-0.2, -0.15) is 5.10 Å². The molecule has 8 heteroatoms. The third-order valence-electron chi connectivity index (χ3n) is 6.18. The number of anilines is 1. The van der Waals surface area contributed by atoms with Crippen molar-refractivity contribution in [2.45, 2.75) is 39.4 Å². The summed E-state index contributed by atoms with van der Waals surface area (Å²) in [7, 11) is 0. The maximum Gasteiger partial charge on any atom is 0.347 e. The summed E-state index contributed by atoms with van der Waals surface area (Å²) in [5.74, 6) is -0.100. The number of aromatic nitrogens is 4. The van der Waals surface area contributed by atoms with Gasteiger partial charge in [0.25, 0.3) is 0 Å². The van der Waals surface area contributed by atoms with Crippen molar-refractivity contribution in [1.29, 1.82) is 0 Å². The lowest BCUT2D eigenvalue weighted by Gasteiger charge is -2.31. The smallest absolute Gasteiger partial charge is 0.335 e. The quantitative estimate of drug-likeness (QED) is 0.510. The first-order valence-electron chi connectivity index (χ1n) is 10.9. The van der Waals surface area contributed by atoms with E-state index in [1.165, 1.54) is 27.5 Å². The Morgan fingerprint density at radius 2 is 2.03 bits per heavy atom. The van der Waals surface area contributed by atoms with Crippen LogP contribution in [0.3, 0.4) is 0 Å². The Labute approximate surface area is 185 Å². The summed E-state index contributed by atoms with van der Waals surface area (Å²) in [6, 6.07) is 16.0. The van der Waals surface area contributed by atoms with Crippen molar-refractivity contribution in [2.24, 2.45) is 0 Å². The number of nitrogens with zero attached hydrogens (tertiary/aromatic N) is 4. The van der Waals surface area contributed by atoms with Crippen LogP contribution in [0.25, 0.3) is 16.6 Å². The Morgan fingerprint density at radius 1 is 1.19 bits per heavy atom. The number of H-pyrrole nitrogens is 1. The van der Waals surface area contributed by atoms with Crippen LogP contribution in [0.1, 0.15) is 25.1 Å². The Hall–Kier alpha value is -3.65. The van der Waals surface area contributed by atoms with E-state index in [1.807, 2.05) is 12.1 Å². The highest BCUT2D eigenvalue weighted by Crippen LogP contribution is 2.31. The van der Waals surface area contributed by atoms with Crippen molar-refractivity contribution in [1.82, 2.24) is 24.2 Å². The number of hydrogen-bond donors (Lipinski definition) is 2. The summed E-state index contributed by atoms with van der Waals surface area (Å²) in [5.41, 5.74) is 4.62. The molecule has 0 aliphatic carbocycles. The molecule has 5 rings (SSSR count). The molecule has 8 nitrogen and oxygen atoms in total. The molecule has 0 unspecified atom stereocenters. The third-order valence-corrected chi connectivity index (χ3v) is 6.18. The van der Waals surface area contributed by atoms with E-state index in [9.17, 15) is 9.59 Å². The van der Waals surface area contributed by atoms with Crippen molar-refractivity contribution in [3.8, 4) is 5.69 Å². The minimum absolute atomic E-state index is 0.100. The van der Waals surface area contributed by atoms with Gasteiger partial charge in [-0.25, -0.2) is 14.5 Å². The van der Waals surface area contributed by atoms with Gasteiger partial charge in [-0.3, -0.25) is 9.69 Å². The second kappa shape index (κ2) is 8.12. The first-order chi connectivity index (χ1) is 15.5. The lowest BCUT2D eigenvalue weighted by molar-refractivity contribution is -0.116. The highest BCUT2D eigenvalue weighted by molar-refractivity contribution is 5.93. The highest BCUT2D eigenvalue weighted by atomic mass is 16.2. The number of benzene rings is 2. The van der Waals surface area contributed by atoms with Crippen LogP contribution in [-0.4, -0.2) is 42.7 Å². The number of para-hydroxylation sites is 1. The maximum atomic E-state index is 13.0. The molecule has 0 bridgehead atoms. The van der Waals surface area contributed by atoms with Gasteiger partial charge in [0.2, 0.25) is 5.91 Å². The van der Waals surface area contributed by atoms with E-state index in [-0.39, 0.29) is 18.1 Å². The third kappa shape index (κ3) is 3.62. The zero-order valence-corrected chi connectivity index (χ0v) is 18.2. The van der Waals surface area contributed by atoms with E-state index in [0.29, 0.717) is 17.4 Å². The molecule has 0 saturated carbocycles. The Kier molecular flexibility index (Phi) is 5.14. The second-order valence-electron chi connectivity index (χ2n) is 8.47. The van der Waals surface area contributed by atoms with E-state index in [0.717, 1.165) is 25.0 Å². The van der Waals surface area contributed by atoms with Gasteiger partial charge in [0.15, 0.2) is 0 Å². The molecule has 164 valence electrons. The van der Waals surface area contributed by atoms with Crippen LogP contribution >= 0.6 is 0 Å². The standard InChI is InChI=1S/C24H26N6O2/c1-16(2)28-11-10-22-20(13-28)19-8-3-4-9-21(19)29(22)14-23(31)26-17-6-5-7-18(12-17)30-15-25-27-24(30)32/h3-9,12,15-16H,10-11,13-14H2,1-2H3,(H,26,31)(H,27,32). The number of aromatic amines is 1. The molecule has 0 saturated heterocycles. The number of carbonyl (C=O) groups excluding carboxylic acids is 1. The Bertz CT molecular complexity index is 1350. The van der Waals surface area contributed by atoms with Crippen LogP contribution < -0.4 is 11.0 Å². The van der Waals surface area contributed by atoms with Crippen molar-refractivity contribution in [3.05, 3.63) is 76.6 Å². The predicted molar refractivity (Wildman–Crippen MR) is 124 cm³/mol. The SMILES string of the molecule is CC(C)N1CCc2c(c3ccccc3n2CC(=O)Nc2cccc(-n3cn[nH]c3=O)c2)C1. The van der Waals surface area contributed by atoms with Gasteiger partial charge in [0.1, 0.15) is 12.9 Å². The number of carbonyl (C=O) groups is 1. The molecule has 0 radical (unpaired) electrons. The molecule has 2 aromatic carbocycles. The van der Waals surface area contributed by atoms with Crippen LogP contribution in [0.5, 0.6) is 0 Å². The van der Waals surface area contributed by atoms with Gasteiger partial charge in [-0.1, -0.05) is 24.3 Å². The van der Waals surface area contributed by atoms with Gasteiger partial charge < -0.3 is 9.88 Å². The van der Waals surface area contributed by atoms with Gasteiger partial charge in [-0.05, 0) is 43.7 Å². The molecule has 1 amide bonds. The largest absolute Gasteiger partial charge is 0.347 e. The number of hydrogen-bond acceptors (Lipinski definition) is 4. The Morgan fingerprint density at radius 3 is 2.81 bits per heavy atom. The number of amides is 1. The zero-order chi connectivity index (χ0) is 22.2. The number of fused-ring (bicyclic) bond motifs is 3. The monoisotopic (exact) mass is 430 g/mol. The molecular weight excluding hydrogens is 404 g/mol. The van der Waals surface area contributed by atoms with Crippen molar-refractivity contribution >= 4 is 22.5 Å². The summed E-state index contributed by atoms with van der Waals surface area (Å²) in [6.07, 6.45) is 2.34. The molecule has 0 spiro atoms. The molecule has 2 N–H and O–H groups in total. The molecule has 4 aromatic rings. The molecule has 0 fully saturated rings. The minimum Gasteiger partial charge on any atom is -0.335 e. The summed E-state index contributed by atoms with van der Waals surface area (Å²) in [5, 5.41) is 10.3. The van der Waals surface area contributed by atoms with Crippen LogP contribution in [0.15, 0.2) is 59.7 Å². The first-order valence-corrected chi connectivity index (χ1v) is 10.9. The molecule has 2 aromatic heterocycles. The molecule has 32 heavy (non-hydrogen) atoms. The van der Waals surface area contributed by atoms with E-state index < -0.39 is 0 Å². The van der Waals surface area contributed by atoms with Crippen molar-refractivity contribution < 1.29 is 4.79 Å². The summed E-state index contributed by atoms with van der Waals surface area (Å²) in [4.78, 5) is 27.3. The number of nitrogens with one attached hydrogen (secondary N) is 2. The van der Waals surface area contributed by atoms with Crippen LogP contribution in [-0.2, 0) is 24.3 Å². The van der Waals surface area contributed by atoms with Gasteiger partial charge in [0, 0.05) is 47.8 Å². The Balaban J connectivity index is 1.42. The summed E-state index contributed by atoms with van der Waals surface area (Å²) in [6.45, 7) is 6.59. The zero-order valence-electron chi connectivity index (χ0n) is 18.2. The summed E-state index contributed by atoms with van der Waals surface area (Å²) >= 11 is 0. The molecule has 0 atom stereocenters. The average molecular weight is 431 g/mol. The van der Waals surface area contributed by atoms with Crippen LogP contribution in [0.4, 0.5) is 5.69 Å². The fourth-order valence-corrected chi connectivity index (χ4v) is 4.55. The van der Waals surface area contributed by atoms with E-state index in [4.69, 9.17) is 0 Å². The minimum atomic E-state index is -0.325. The lowest BCUT2D eigenvalue weighted by Crippen LogP contribution is -2.36. The molecular formula is C24H26N6O2. The van der Waals surface area contributed by atoms with E-state index in [2.05, 4.69) is 57.0 Å². The normalized spacial score (nSPS) is 14.1. The van der Waals surface area contributed by atoms with E-state index in [1.54, 1.807) is 18.2 Å². The average Bonchev–Trinajstić information content (AvgIpc) is 3.35. The van der Waals surface area contributed by atoms with Crippen molar-refractivity contribution in [3.63, 3.8) is 0 Å². The van der Waals surface area contributed by atoms with Gasteiger partial charge in [0.05, 0.1) is 5.69 Å². The summed E-state index contributed by atoms with van der Waals surface area (Å²) < 4.78 is 3.55. The molecule has 1 aliphatic heterocycles. The number of rotatable bonds is 5. The van der Waals surface area contributed by atoms with Crippen LogP contribution in [0, 0.1) is 0 Å². The topological polar surface area (TPSA) is 87.9 Å². The predicted octanol–water partition coefficient (Wildman–Crippen LogP) is 2.92.